The SMILES string of the molecule is COCC(Oc1cccc(B2OC(C)(C)C(C)(C)O2)c1)C(=O)OC. The Kier molecular flexibility index (Phi) is 5.57. The summed E-state index contributed by atoms with van der Waals surface area (Å²) in [6, 6.07) is 7.30. The predicted octanol–water partition coefficient (Wildman–Crippen LogP) is 1.55. The molecule has 1 aromatic carbocycles. The first kappa shape index (κ1) is 18.8. The molecule has 7 heteroatoms. The Labute approximate surface area is 143 Å². The Morgan fingerprint density at radius 1 is 1.17 bits per heavy atom. The van der Waals surface area contributed by atoms with Gasteiger partial charge >= 0.3 is 13.1 Å². The van der Waals surface area contributed by atoms with Crippen molar-refractivity contribution in [2.75, 3.05) is 20.8 Å². The largest absolute Gasteiger partial charge is 0.494 e. The fourth-order valence-corrected chi connectivity index (χ4v) is 2.31. The highest BCUT2D eigenvalue weighted by molar-refractivity contribution is 6.62. The zero-order chi connectivity index (χ0) is 18.0. The molecular formula is C17H25BO6. The number of esters is 1. The second-order valence-corrected chi connectivity index (χ2v) is 6.75. The van der Waals surface area contributed by atoms with E-state index in [1.165, 1.54) is 14.2 Å². The van der Waals surface area contributed by atoms with Gasteiger partial charge in [0.2, 0.25) is 6.10 Å². The van der Waals surface area contributed by atoms with Gasteiger partial charge in [-0.3, -0.25) is 0 Å². The summed E-state index contributed by atoms with van der Waals surface area (Å²) < 4.78 is 27.5. The molecule has 1 unspecified atom stereocenters. The topological polar surface area (TPSA) is 63.2 Å². The van der Waals surface area contributed by atoms with Crippen LogP contribution in [-0.2, 0) is 23.6 Å². The molecule has 0 radical (unpaired) electrons. The third-order valence-corrected chi connectivity index (χ3v) is 4.44. The maximum Gasteiger partial charge on any atom is 0.494 e. The maximum absolute atomic E-state index is 11.7. The molecule has 0 bridgehead atoms. The molecule has 6 nitrogen and oxygen atoms in total. The van der Waals surface area contributed by atoms with E-state index in [4.69, 9.17) is 23.5 Å². The van der Waals surface area contributed by atoms with Crippen LogP contribution in [0.25, 0.3) is 0 Å². The van der Waals surface area contributed by atoms with E-state index in [2.05, 4.69) is 0 Å². The molecule has 1 fully saturated rings. The van der Waals surface area contributed by atoms with Crippen molar-refractivity contribution in [1.82, 2.24) is 0 Å². The van der Waals surface area contributed by atoms with E-state index in [1.54, 1.807) is 12.1 Å². The lowest BCUT2D eigenvalue weighted by molar-refractivity contribution is -0.151. The molecule has 1 saturated heterocycles. The van der Waals surface area contributed by atoms with Crippen molar-refractivity contribution in [3.05, 3.63) is 24.3 Å². The Morgan fingerprint density at radius 3 is 2.33 bits per heavy atom. The number of carbonyl (C=O) groups excluding carboxylic acids is 1. The van der Waals surface area contributed by atoms with Crippen LogP contribution in [0.4, 0.5) is 0 Å². The average Bonchev–Trinajstić information content (AvgIpc) is 2.74. The van der Waals surface area contributed by atoms with Crippen LogP contribution < -0.4 is 10.2 Å². The summed E-state index contributed by atoms with van der Waals surface area (Å²) in [5.74, 6) is 0.0348. The molecule has 0 aromatic heterocycles. The molecule has 1 aromatic rings. The summed E-state index contributed by atoms with van der Waals surface area (Å²) in [6.07, 6.45) is -0.825. The molecule has 0 N–H and O–H groups in total. The summed E-state index contributed by atoms with van der Waals surface area (Å²) in [5, 5.41) is 0. The standard InChI is InChI=1S/C17H25BO6/c1-16(2)17(3,4)24-18(23-16)12-8-7-9-13(10-12)22-14(11-20-5)15(19)21-6/h7-10,14H,11H2,1-6H3. The van der Waals surface area contributed by atoms with E-state index in [9.17, 15) is 4.79 Å². The van der Waals surface area contributed by atoms with Gasteiger partial charge in [0.25, 0.3) is 0 Å². The minimum absolute atomic E-state index is 0.105. The third kappa shape index (κ3) is 3.91. The van der Waals surface area contributed by atoms with Crippen LogP contribution in [0.3, 0.4) is 0 Å². The fraction of sp³-hybridized carbons (Fsp3) is 0.588. The number of ether oxygens (including phenoxy) is 3. The molecule has 0 amide bonds. The number of benzene rings is 1. The summed E-state index contributed by atoms with van der Waals surface area (Å²) in [5.41, 5.74) is -0.00896. The van der Waals surface area contributed by atoms with E-state index in [0.29, 0.717) is 5.75 Å². The van der Waals surface area contributed by atoms with E-state index < -0.39 is 30.4 Å². The molecule has 2 rings (SSSR count). The smallest absolute Gasteiger partial charge is 0.476 e. The second-order valence-electron chi connectivity index (χ2n) is 6.75. The molecule has 0 aliphatic carbocycles. The molecule has 0 spiro atoms. The summed E-state index contributed by atoms with van der Waals surface area (Å²) in [7, 11) is 2.33. The van der Waals surface area contributed by atoms with Gasteiger partial charge < -0.3 is 23.5 Å². The van der Waals surface area contributed by atoms with Gasteiger partial charge in [-0.2, -0.15) is 0 Å². The number of methoxy groups -OCH3 is 2. The van der Waals surface area contributed by atoms with Gasteiger partial charge in [-0.1, -0.05) is 12.1 Å². The van der Waals surface area contributed by atoms with E-state index in [-0.39, 0.29) is 6.61 Å². The lowest BCUT2D eigenvalue weighted by atomic mass is 9.79. The monoisotopic (exact) mass is 336 g/mol. The van der Waals surface area contributed by atoms with Crippen molar-refractivity contribution < 1.29 is 28.3 Å². The Morgan fingerprint density at radius 2 is 1.79 bits per heavy atom. The molecule has 24 heavy (non-hydrogen) atoms. The highest BCUT2D eigenvalue weighted by atomic mass is 16.7. The van der Waals surface area contributed by atoms with E-state index in [1.807, 2.05) is 39.8 Å². The minimum Gasteiger partial charge on any atom is -0.476 e. The van der Waals surface area contributed by atoms with Crippen molar-refractivity contribution >= 4 is 18.6 Å². The molecular weight excluding hydrogens is 311 g/mol. The van der Waals surface area contributed by atoms with Crippen molar-refractivity contribution in [1.29, 1.82) is 0 Å². The molecule has 132 valence electrons. The van der Waals surface area contributed by atoms with Gasteiger partial charge in [0.1, 0.15) is 5.75 Å². The highest BCUT2D eigenvalue weighted by Crippen LogP contribution is 2.36. The zero-order valence-electron chi connectivity index (χ0n) is 15.1. The van der Waals surface area contributed by atoms with Crippen LogP contribution in [0.1, 0.15) is 27.7 Å². The normalized spacial score (nSPS) is 19.8. The maximum atomic E-state index is 11.7. The second kappa shape index (κ2) is 7.13. The van der Waals surface area contributed by atoms with E-state index >= 15 is 0 Å². The molecule has 1 atom stereocenters. The van der Waals surface area contributed by atoms with Crippen LogP contribution in [0.5, 0.6) is 5.75 Å². The van der Waals surface area contributed by atoms with Crippen LogP contribution >= 0.6 is 0 Å². The molecule has 1 heterocycles. The van der Waals surface area contributed by atoms with Gasteiger partial charge in [0.05, 0.1) is 24.9 Å². The summed E-state index contributed by atoms with van der Waals surface area (Å²) >= 11 is 0. The van der Waals surface area contributed by atoms with Crippen molar-refractivity contribution in [2.24, 2.45) is 0 Å². The quantitative estimate of drug-likeness (QED) is 0.580. The Balaban J connectivity index is 2.16. The molecule has 0 saturated carbocycles. The first-order valence-corrected chi connectivity index (χ1v) is 7.89. The van der Waals surface area contributed by atoms with Gasteiger partial charge in [0.15, 0.2) is 0 Å². The molecule has 1 aliphatic heterocycles. The van der Waals surface area contributed by atoms with E-state index in [0.717, 1.165) is 5.46 Å². The van der Waals surface area contributed by atoms with Crippen molar-refractivity contribution in [2.45, 2.75) is 45.0 Å². The Bertz CT molecular complexity index is 570. The van der Waals surface area contributed by atoms with Crippen molar-refractivity contribution in [3.8, 4) is 5.75 Å². The first-order valence-electron chi connectivity index (χ1n) is 7.89. The average molecular weight is 336 g/mol. The highest BCUT2D eigenvalue weighted by Gasteiger charge is 2.51. The number of carbonyl (C=O) groups is 1. The summed E-state index contributed by atoms with van der Waals surface area (Å²) in [6.45, 7) is 8.10. The third-order valence-electron chi connectivity index (χ3n) is 4.44. The lowest BCUT2D eigenvalue weighted by Gasteiger charge is -2.32. The number of hydrogen-bond donors (Lipinski definition) is 0. The number of rotatable bonds is 6. The first-order chi connectivity index (χ1) is 11.2. The van der Waals surface area contributed by atoms with Gasteiger partial charge in [-0.25, -0.2) is 4.79 Å². The van der Waals surface area contributed by atoms with Gasteiger partial charge in [0, 0.05) is 7.11 Å². The zero-order valence-corrected chi connectivity index (χ0v) is 15.1. The van der Waals surface area contributed by atoms with Crippen LogP contribution in [0.15, 0.2) is 24.3 Å². The minimum atomic E-state index is -0.825. The Hall–Kier alpha value is -1.57. The van der Waals surface area contributed by atoms with Gasteiger partial charge in [-0.15, -0.1) is 0 Å². The lowest BCUT2D eigenvalue weighted by Crippen LogP contribution is -2.41. The van der Waals surface area contributed by atoms with Gasteiger partial charge in [-0.05, 0) is 45.3 Å². The molecule has 1 aliphatic rings. The van der Waals surface area contributed by atoms with Crippen LogP contribution in [-0.4, -0.2) is 51.2 Å². The fourth-order valence-electron chi connectivity index (χ4n) is 2.31. The summed E-state index contributed by atoms with van der Waals surface area (Å²) in [4.78, 5) is 11.7. The predicted molar refractivity (Wildman–Crippen MR) is 90.5 cm³/mol. The van der Waals surface area contributed by atoms with Crippen LogP contribution in [0, 0.1) is 0 Å². The van der Waals surface area contributed by atoms with Crippen LogP contribution in [0.2, 0.25) is 0 Å². The van der Waals surface area contributed by atoms with Crippen molar-refractivity contribution in [3.63, 3.8) is 0 Å². The number of hydrogen-bond acceptors (Lipinski definition) is 6.